The third-order valence-electron chi connectivity index (χ3n) is 3.64. The van der Waals surface area contributed by atoms with Crippen molar-refractivity contribution >= 4 is 26.5 Å². The largest absolute Gasteiger partial charge is 0.415 e. The standard InChI is InChI=1S/C13H32NO2PSSi/c1-11(2)18(15,17)14-13(6,7)10-16-19(8,9)12(3,4)5/h18H,1,10,17H2,2-9H3,(H,14,15). The molecule has 0 bridgehead atoms. The van der Waals surface area contributed by atoms with Crippen LogP contribution in [0.25, 0.3) is 0 Å². The van der Waals surface area contributed by atoms with E-state index < -0.39 is 18.1 Å². The van der Waals surface area contributed by atoms with E-state index in [-0.39, 0.29) is 10.6 Å². The molecule has 0 heterocycles. The summed E-state index contributed by atoms with van der Waals surface area (Å²) in [6, 6.07) is 0. The molecule has 0 saturated carbocycles. The van der Waals surface area contributed by atoms with Gasteiger partial charge in [-0.2, -0.15) is 0 Å². The van der Waals surface area contributed by atoms with E-state index in [1.807, 2.05) is 13.8 Å². The number of rotatable bonds is 6. The second-order valence-corrected chi connectivity index (χ2v) is 16.7. The molecule has 19 heavy (non-hydrogen) atoms. The zero-order valence-corrected chi connectivity index (χ0v) is 16.8. The second kappa shape index (κ2) is 6.06. The average Bonchev–Trinajstić information content (AvgIpc) is 2.11. The van der Waals surface area contributed by atoms with Gasteiger partial charge in [0.2, 0.25) is 0 Å². The first-order valence-electron chi connectivity index (χ1n) is 6.59. The van der Waals surface area contributed by atoms with Gasteiger partial charge in [-0.1, -0.05) is 35.8 Å². The Morgan fingerprint density at radius 3 is 2.05 bits per heavy atom. The molecule has 0 rings (SSSR count). The highest BCUT2D eigenvalue weighted by Crippen LogP contribution is 2.37. The molecule has 0 radical (unpaired) electrons. The minimum Gasteiger partial charge on any atom is -0.415 e. The quantitative estimate of drug-likeness (QED) is 0.444. The van der Waals surface area contributed by atoms with Crippen LogP contribution in [-0.4, -0.2) is 24.7 Å². The average molecular weight is 326 g/mol. The third kappa shape index (κ3) is 6.17. The molecule has 1 N–H and O–H groups in total. The highest BCUT2D eigenvalue weighted by atomic mass is 32.8. The summed E-state index contributed by atoms with van der Waals surface area (Å²) in [6.07, 6.45) is 0. The number of allylic oxidation sites excluding steroid dienone is 1. The molecule has 0 aliphatic heterocycles. The Morgan fingerprint density at radius 1 is 1.32 bits per heavy atom. The number of nitrogens with one attached hydrogen (secondary N) is 1. The molecule has 0 aliphatic rings. The fourth-order valence-corrected chi connectivity index (χ4v) is 4.51. The van der Waals surface area contributed by atoms with Crippen LogP contribution in [0.1, 0.15) is 41.5 Å². The fraction of sp³-hybridized carbons (Fsp3) is 0.846. The summed E-state index contributed by atoms with van der Waals surface area (Å²) in [7, 11) is -1.98. The van der Waals surface area contributed by atoms with Gasteiger partial charge in [0.1, 0.15) is 0 Å². The molecule has 0 saturated heterocycles. The van der Waals surface area contributed by atoms with Crippen molar-refractivity contribution in [3.8, 4) is 0 Å². The molecule has 1 atom stereocenters. The van der Waals surface area contributed by atoms with E-state index in [0.717, 1.165) is 0 Å². The van der Waals surface area contributed by atoms with Crippen LogP contribution >= 0.6 is 8.44 Å². The van der Waals surface area contributed by atoms with Gasteiger partial charge in [-0.25, -0.2) is 4.72 Å². The van der Waals surface area contributed by atoms with Crippen LogP contribution in [0.5, 0.6) is 0 Å². The molecule has 116 valence electrons. The Balaban J connectivity index is 4.74. The van der Waals surface area contributed by atoms with E-state index in [9.17, 15) is 4.21 Å². The molecular weight excluding hydrogens is 293 g/mol. The lowest BCUT2D eigenvalue weighted by Crippen LogP contribution is -2.51. The van der Waals surface area contributed by atoms with Crippen molar-refractivity contribution in [3.63, 3.8) is 0 Å². The second-order valence-electron chi connectivity index (χ2n) is 7.44. The summed E-state index contributed by atoms with van der Waals surface area (Å²) in [6.45, 7) is 21.2. The van der Waals surface area contributed by atoms with Crippen molar-refractivity contribution in [3.05, 3.63) is 11.5 Å². The molecule has 0 aliphatic carbocycles. The highest BCUT2D eigenvalue weighted by molar-refractivity contribution is 8.46. The lowest BCUT2D eigenvalue weighted by Gasteiger charge is -2.40. The van der Waals surface area contributed by atoms with Crippen molar-refractivity contribution < 1.29 is 8.63 Å². The molecule has 0 aromatic rings. The van der Waals surface area contributed by atoms with Crippen LogP contribution in [0.4, 0.5) is 0 Å². The maximum atomic E-state index is 12.4. The predicted molar refractivity (Wildman–Crippen MR) is 94.4 cm³/mol. The first-order valence-corrected chi connectivity index (χ1v) is 12.8. The number of hydrogen-bond donors (Lipinski definition) is 2. The van der Waals surface area contributed by atoms with Crippen molar-refractivity contribution in [2.75, 3.05) is 6.61 Å². The van der Waals surface area contributed by atoms with Crippen LogP contribution in [0.3, 0.4) is 0 Å². The van der Waals surface area contributed by atoms with E-state index >= 15 is 0 Å². The van der Waals surface area contributed by atoms with Gasteiger partial charge >= 0.3 is 0 Å². The summed E-state index contributed by atoms with van der Waals surface area (Å²) in [5, 5.41) is 0.183. The van der Waals surface area contributed by atoms with E-state index in [1.165, 1.54) is 0 Å². The first-order chi connectivity index (χ1) is 8.11. The van der Waals surface area contributed by atoms with E-state index in [0.29, 0.717) is 11.5 Å². The highest BCUT2D eigenvalue weighted by Gasteiger charge is 2.38. The topological polar surface area (TPSA) is 38.3 Å². The van der Waals surface area contributed by atoms with Gasteiger partial charge in [0.15, 0.2) is 8.32 Å². The van der Waals surface area contributed by atoms with Crippen molar-refractivity contribution in [2.45, 2.75) is 65.2 Å². The normalized spacial score (nSPS) is 15.4. The molecule has 3 nitrogen and oxygen atoms in total. The van der Waals surface area contributed by atoms with E-state index in [1.54, 1.807) is 6.92 Å². The number of hydrogen-bond acceptors (Lipinski definition) is 2. The molecule has 0 amide bonds. The van der Waals surface area contributed by atoms with Crippen LogP contribution in [0.15, 0.2) is 11.5 Å². The van der Waals surface area contributed by atoms with Crippen molar-refractivity contribution in [1.82, 2.24) is 4.72 Å². The molecule has 0 aromatic carbocycles. The SMILES string of the molecule is C=C(C)[SH](=O)(P)NC(C)(C)CO[Si](C)(C)C(C)(C)C. The maximum absolute atomic E-state index is 12.4. The first kappa shape index (κ1) is 19.5. The van der Waals surface area contributed by atoms with Crippen LogP contribution in [0, 0.1) is 0 Å². The van der Waals surface area contributed by atoms with Gasteiger partial charge in [0.25, 0.3) is 0 Å². The van der Waals surface area contributed by atoms with Gasteiger partial charge in [0.05, 0.1) is 6.61 Å². The summed E-state index contributed by atoms with van der Waals surface area (Å²) >= 11 is 0. The van der Waals surface area contributed by atoms with Crippen LogP contribution < -0.4 is 4.72 Å². The Morgan fingerprint density at radius 2 is 1.74 bits per heavy atom. The summed E-state index contributed by atoms with van der Waals surface area (Å²) in [4.78, 5) is 0.665. The summed E-state index contributed by atoms with van der Waals surface area (Å²) in [5.74, 6) is 0. The van der Waals surface area contributed by atoms with Crippen molar-refractivity contribution in [2.24, 2.45) is 0 Å². The zero-order valence-electron chi connectivity index (χ0n) is 13.8. The molecule has 0 aromatic heterocycles. The minimum absolute atomic E-state index is 0.183. The number of thiol groups is 1. The lowest BCUT2D eigenvalue weighted by atomic mass is 10.1. The van der Waals surface area contributed by atoms with Gasteiger partial charge < -0.3 is 4.43 Å². The Kier molecular flexibility index (Phi) is 6.21. The Labute approximate surface area is 123 Å². The van der Waals surface area contributed by atoms with Crippen LogP contribution in [0.2, 0.25) is 18.1 Å². The monoisotopic (exact) mass is 325 g/mol. The Bertz CT molecular complexity index is 389. The minimum atomic E-state index is -2.60. The predicted octanol–water partition coefficient (Wildman–Crippen LogP) is 3.63. The molecular formula is C13H32NO2PSSi. The summed E-state index contributed by atoms with van der Waals surface area (Å²) < 4.78 is 21.7. The lowest BCUT2D eigenvalue weighted by molar-refractivity contribution is 0.212. The maximum Gasteiger partial charge on any atom is 0.192 e. The zero-order chi connectivity index (χ0) is 15.7. The third-order valence-corrected chi connectivity index (χ3v) is 11.9. The Hall–Kier alpha value is 0.457. The van der Waals surface area contributed by atoms with Gasteiger partial charge in [-0.15, -0.1) is 0 Å². The van der Waals surface area contributed by atoms with Gasteiger partial charge in [-0.3, -0.25) is 4.21 Å². The molecule has 0 fully saturated rings. The van der Waals surface area contributed by atoms with E-state index in [2.05, 4.69) is 53.6 Å². The van der Waals surface area contributed by atoms with Crippen molar-refractivity contribution in [1.29, 1.82) is 0 Å². The molecule has 6 heteroatoms. The molecule has 0 spiro atoms. The fourth-order valence-electron chi connectivity index (χ4n) is 1.15. The van der Waals surface area contributed by atoms with Crippen LogP contribution in [-0.2, 0) is 14.2 Å². The van der Waals surface area contributed by atoms with Gasteiger partial charge in [-0.05, 0) is 53.5 Å². The smallest absolute Gasteiger partial charge is 0.192 e. The summed E-state index contributed by atoms with van der Waals surface area (Å²) in [5.41, 5.74) is -0.342. The molecule has 1 unspecified atom stereocenters. The van der Waals surface area contributed by atoms with E-state index in [4.69, 9.17) is 4.43 Å². The van der Waals surface area contributed by atoms with Gasteiger partial charge in [0, 0.05) is 5.54 Å².